The highest BCUT2D eigenvalue weighted by Gasteiger charge is 2.07. The highest BCUT2D eigenvalue weighted by atomic mass is 16.4. The number of rotatable bonds is 7. The van der Waals surface area contributed by atoms with Crippen molar-refractivity contribution < 1.29 is 9.90 Å². The SMILES string of the molecule is CN/C(=N/C#N)Nc1cccc(/C(=C\CCCC(=O)O)c2cccnc2)c1. The molecule has 0 saturated carbocycles. The number of hydrogen-bond donors (Lipinski definition) is 3. The van der Waals surface area contributed by atoms with Crippen LogP contribution in [0.4, 0.5) is 5.69 Å². The van der Waals surface area contributed by atoms with Crippen LogP contribution in [0.15, 0.2) is 59.9 Å². The van der Waals surface area contributed by atoms with Gasteiger partial charge in [0.2, 0.25) is 12.2 Å². The zero-order valence-corrected chi connectivity index (χ0v) is 15.0. The number of nitriles is 1. The molecule has 0 atom stereocenters. The summed E-state index contributed by atoms with van der Waals surface area (Å²) >= 11 is 0. The first-order chi connectivity index (χ1) is 13.1. The summed E-state index contributed by atoms with van der Waals surface area (Å²) in [5, 5.41) is 23.4. The van der Waals surface area contributed by atoms with Gasteiger partial charge in [-0.1, -0.05) is 24.3 Å². The monoisotopic (exact) mass is 363 g/mol. The Bertz CT molecular complexity index is 869. The fraction of sp³-hybridized carbons (Fsp3) is 0.200. The molecule has 0 bridgehead atoms. The maximum Gasteiger partial charge on any atom is 0.303 e. The number of carbonyl (C=O) groups is 1. The fourth-order valence-electron chi connectivity index (χ4n) is 2.52. The van der Waals surface area contributed by atoms with E-state index in [9.17, 15) is 4.79 Å². The number of carboxylic acids is 1. The van der Waals surface area contributed by atoms with Crippen LogP contribution < -0.4 is 10.6 Å². The highest BCUT2D eigenvalue weighted by molar-refractivity contribution is 5.94. The van der Waals surface area contributed by atoms with Gasteiger partial charge in [-0.15, -0.1) is 4.99 Å². The molecule has 1 aromatic carbocycles. The van der Waals surface area contributed by atoms with Crippen LogP contribution in [0, 0.1) is 11.5 Å². The first-order valence-corrected chi connectivity index (χ1v) is 8.48. The molecule has 0 aliphatic rings. The molecule has 0 spiro atoms. The van der Waals surface area contributed by atoms with Crippen LogP contribution in [-0.4, -0.2) is 29.1 Å². The average Bonchev–Trinajstić information content (AvgIpc) is 2.68. The number of hydrogen-bond acceptors (Lipinski definition) is 4. The van der Waals surface area contributed by atoms with Crippen molar-refractivity contribution in [2.45, 2.75) is 19.3 Å². The summed E-state index contributed by atoms with van der Waals surface area (Å²) in [7, 11) is 1.68. The van der Waals surface area contributed by atoms with Crippen molar-refractivity contribution >= 4 is 23.2 Å². The molecule has 138 valence electrons. The van der Waals surface area contributed by atoms with E-state index in [0.29, 0.717) is 18.8 Å². The predicted molar refractivity (Wildman–Crippen MR) is 105 cm³/mol. The van der Waals surface area contributed by atoms with Crippen LogP contribution in [-0.2, 0) is 4.79 Å². The zero-order chi connectivity index (χ0) is 19.5. The van der Waals surface area contributed by atoms with Gasteiger partial charge < -0.3 is 15.7 Å². The van der Waals surface area contributed by atoms with Crippen LogP contribution >= 0.6 is 0 Å². The summed E-state index contributed by atoms with van der Waals surface area (Å²) in [6, 6.07) is 11.5. The van der Waals surface area contributed by atoms with Crippen molar-refractivity contribution in [2.75, 3.05) is 12.4 Å². The van der Waals surface area contributed by atoms with E-state index < -0.39 is 5.97 Å². The number of aromatic nitrogens is 1. The first-order valence-electron chi connectivity index (χ1n) is 8.48. The van der Waals surface area contributed by atoms with Gasteiger partial charge in [0.1, 0.15) is 0 Å². The number of nitrogens with one attached hydrogen (secondary N) is 2. The second-order valence-electron chi connectivity index (χ2n) is 5.66. The molecule has 0 aliphatic heterocycles. The van der Waals surface area contributed by atoms with Gasteiger partial charge in [0.15, 0.2) is 0 Å². The van der Waals surface area contributed by atoms with E-state index in [2.05, 4.69) is 20.6 Å². The first kappa shape index (κ1) is 19.7. The Morgan fingerprint density at radius 1 is 1.33 bits per heavy atom. The number of allylic oxidation sites excluding steroid dienone is 1. The number of pyridine rings is 1. The molecule has 0 unspecified atom stereocenters. The smallest absolute Gasteiger partial charge is 0.303 e. The van der Waals surface area contributed by atoms with Crippen LogP contribution in [0.25, 0.3) is 5.57 Å². The third-order valence-electron chi connectivity index (χ3n) is 3.75. The maximum absolute atomic E-state index is 10.7. The Labute approximate surface area is 158 Å². The summed E-state index contributed by atoms with van der Waals surface area (Å²) in [4.78, 5) is 18.6. The molecule has 1 heterocycles. The molecule has 2 rings (SSSR count). The fourth-order valence-corrected chi connectivity index (χ4v) is 2.52. The summed E-state index contributed by atoms with van der Waals surface area (Å²) in [5.74, 6) is -0.447. The van der Waals surface area contributed by atoms with E-state index in [1.807, 2.05) is 42.5 Å². The molecule has 3 N–H and O–H groups in total. The molecule has 7 heteroatoms. The predicted octanol–water partition coefficient (Wildman–Crippen LogP) is 3.24. The summed E-state index contributed by atoms with van der Waals surface area (Å²) in [6.45, 7) is 0. The molecule has 0 amide bonds. The maximum atomic E-state index is 10.7. The number of anilines is 1. The van der Waals surface area contributed by atoms with Crippen molar-refractivity contribution in [1.82, 2.24) is 10.3 Å². The van der Waals surface area contributed by atoms with Crippen molar-refractivity contribution in [3.63, 3.8) is 0 Å². The molecule has 27 heavy (non-hydrogen) atoms. The number of unbranched alkanes of at least 4 members (excludes halogenated alkanes) is 1. The molecule has 0 fully saturated rings. The van der Waals surface area contributed by atoms with E-state index in [1.165, 1.54) is 0 Å². The lowest BCUT2D eigenvalue weighted by Gasteiger charge is -2.12. The lowest BCUT2D eigenvalue weighted by molar-refractivity contribution is -0.137. The lowest BCUT2D eigenvalue weighted by atomic mass is 9.97. The Morgan fingerprint density at radius 2 is 2.15 bits per heavy atom. The van der Waals surface area contributed by atoms with E-state index >= 15 is 0 Å². The number of nitrogens with zero attached hydrogens (tertiary/aromatic N) is 3. The molecule has 0 radical (unpaired) electrons. The lowest BCUT2D eigenvalue weighted by Crippen LogP contribution is -2.26. The molecule has 7 nitrogen and oxygen atoms in total. The topological polar surface area (TPSA) is 110 Å². The number of aliphatic carboxylic acids is 1. The second-order valence-corrected chi connectivity index (χ2v) is 5.66. The Morgan fingerprint density at radius 3 is 2.81 bits per heavy atom. The third-order valence-corrected chi connectivity index (χ3v) is 3.75. The number of aliphatic imine (C=N–C) groups is 1. The van der Waals surface area contributed by atoms with Gasteiger partial charge in [0.25, 0.3) is 0 Å². The summed E-state index contributed by atoms with van der Waals surface area (Å²) < 4.78 is 0. The van der Waals surface area contributed by atoms with Crippen molar-refractivity contribution in [3.05, 3.63) is 66.0 Å². The van der Waals surface area contributed by atoms with Gasteiger partial charge >= 0.3 is 5.97 Å². The van der Waals surface area contributed by atoms with Gasteiger partial charge in [0.05, 0.1) is 0 Å². The minimum Gasteiger partial charge on any atom is -0.481 e. The van der Waals surface area contributed by atoms with E-state index in [0.717, 1.165) is 22.4 Å². The van der Waals surface area contributed by atoms with Crippen LogP contribution in [0.1, 0.15) is 30.4 Å². The molecule has 0 saturated heterocycles. The highest BCUT2D eigenvalue weighted by Crippen LogP contribution is 2.26. The largest absolute Gasteiger partial charge is 0.481 e. The Hall–Kier alpha value is -3.66. The van der Waals surface area contributed by atoms with E-state index in [4.69, 9.17) is 10.4 Å². The van der Waals surface area contributed by atoms with Crippen LogP contribution in [0.5, 0.6) is 0 Å². The molecule has 0 aliphatic carbocycles. The van der Waals surface area contributed by atoms with Gasteiger partial charge in [-0.2, -0.15) is 5.26 Å². The third kappa shape index (κ3) is 6.29. The molecular weight excluding hydrogens is 342 g/mol. The number of carboxylic acid groups (broad SMARTS) is 1. The number of guanidine groups is 1. The number of benzene rings is 1. The average molecular weight is 363 g/mol. The van der Waals surface area contributed by atoms with Crippen molar-refractivity contribution in [3.8, 4) is 6.19 Å². The molecular formula is C20H21N5O2. The molecule has 1 aromatic heterocycles. The Balaban J connectivity index is 2.31. The van der Waals surface area contributed by atoms with Gasteiger partial charge in [0, 0.05) is 37.1 Å². The van der Waals surface area contributed by atoms with Gasteiger partial charge in [-0.25, -0.2) is 0 Å². The Kier molecular flexibility index (Phi) is 7.54. The van der Waals surface area contributed by atoms with E-state index in [-0.39, 0.29) is 6.42 Å². The normalized spacial score (nSPS) is 11.6. The van der Waals surface area contributed by atoms with Crippen molar-refractivity contribution in [2.24, 2.45) is 4.99 Å². The van der Waals surface area contributed by atoms with Gasteiger partial charge in [-0.3, -0.25) is 9.78 Å². The standard InChI is InChI=1S/C20H21N5O2/c1-22-20(24-14-21)25-17-8-4-6-15(12-17)18(9-2-3-10-19(26)27)16-7-5-11-23-13-16/h4-9,11-13H,2-3,10H2,1H3,(H,26,27)(H2,22,24,25)/b18-9+. The minimum atomic E-state index is -0.797. The van der Waals surface area contributed by atoms with Gasteiger partial charge in [-0.05, 0) is 42.2 Å². The van der Waals surface area contributed by atoms with Crippen molar-refractivity contribution in [1.29, 1.82) is 5.26 Å². The quantitative estimate of drug-likeness (QED) is 0.301. The van der Waals surface area contributed by atoms with Crippen LogP contribution in [0.2, 0.25) is 0 Å². The summed E-state index contributed by atoms with van der Waals surface area (Å²) in [5.41, 5.74) is 3.65. The summed E-state index contributed by atoms with van der Waals surface area (Å²) in [6.07, 6.45) is 8.60. The van der Waals surface area contributed by atoms with E-state index in [1.54, 1.807) is 25.6 Å². The zero-order valence-electron chi connectivity index (χ0n) is 15.0. The molecule has 2 aromatic rings. The van der Waals surface area contributed by atoms with Crippen LogP contribution in [0.3, 0.4) is 0 Å². The minimum absolute atomic E-state index is 0.134. The second kappa shape index (κ2) is 10.4.